The fourth-order valence-corrected chi connectivity index (χ4v) is 12.7. The van der Waals surface area contributed by atoms with E-state index in [9.17, 15) is 28.8 Å². The van der Waals surface area contributed by atoms with Gasteiger partial charge >= 0.3 is 35.8 Å². The van der Waals surface area contributed by atoms with Crippen molar-refractivity contribution in [3.05, 3.63) is 91.0 Å². The Labute approximate surface area is 456 Å². The van der Waals surface area contributed by atoms with Crippen LogP contribution in [0.25, 0.3) is 20.8 Å². The first-order valence-corrected chi connectivity index (χ1v) is 28.6. The van der Waals surface area contributed by atoms with Crippen molar-refractivity contribution in [3.63, 3.8) is 0 Å². The van der Waals surface area contributed by atoms with Crippen LogP contribution in [0.3, 0.4) is 0 Å². The second-order valence-electron chi connectivity index (χ2n) is 24.0. The second-order valence-corrected chi connectivity index (χ2v) is 25.1. The Balaban J connectivity index is 0.738. The van der Waals surface area contributed by atoms with Crippen LogP contribution in [0.15, 0.2) is 91.0 Å². The van der Waals surface area contributed by atoms with Crippen molar-refractivity contribution in [1.82, 2.24) is 4.98 Å². The lowest BCUT2D eigenvalue weighted by Crippen LogP contribution is -2.31. The Morgan fingerprint density at radius 2 is 0.688 bits per heavy atom. The number of thiazole rings is 1. The summed E-state index contributed by atoms with van der Waals surface area (Å²) in [5, 5.41) is 0.589. The van der Waals surface area contributed by atoms with E-state index in [2.05, 4.69) is 41.5 Å². The van der Waals surface area contributed by atoms with Crippen molar-refractivity contribution >= 4 is 57.4 Å². The third-order valence-corrected chi connectivity index (χ3v) is 17.9. The molecule has 5 aromatic rings. The van der Waals surface area contributed by atoms with E-state index in [1.54, 1.807) is 66.7 Å². The molecule has 0 N–H and O–H groups in total. The summed E-state index contributed by atoms with van der Waals surface area (Å²) in [6, 6.07) is 25.7. The number of para-hydroxylation sites is 1. The van der Waals surface area contributed by atoms with E-state index in [-0.39, 0.29) is 64.0 Å². The molecule has 0 radical (unpaired) electrons. The predicted octanol–water partition coefficient (Wildman–Crippen LogP) is 14.1. The SMILES string of the molecule is CC(C)(C)C1CCC(C(=O)Oc2ccc(OC(=O)C3CCC(C(=O)Oc4ccc(OC(=O)[C@H]5CC[C@H](C(=O)Oc6ccc(OC(=O)C7CCC(C(C)(C)C)CC7)cc6)CC5)cc4-c4nc5ccccc5s4)CC3)cc2)CC1. The molecular formula is C63H73NO12S. The monoisotopic (exact) mass is 1070 g/mol. The van der Waals surface area contributed by atoms with Gasteiger partial charge < -0.3 is 28.4 Å². The van der Waals surface area contributed by atoms with Crippen LogP contribution in [0.2, 0.25) is 0 Å². The number of hydrogen-bond acceptors (Lipinski definition) is 14. The van der Waals surface area contributed by atoms with Crippen molar-refractivity contribution in [2.24, 2.45) is 58.2 Å². The van der Waals surface area contributed by atoms with Crippen LogP contribution in [0.5, 0.6) is 34.5 Å². The van der Waals surface area contributed by atoms with Gasteiger partial charge in [0.15, 0.2) is 0 Å². The number of ether oxygens (including phenoxy) is 6. The van der Waals surface area contributed by atoms with Gasteiger partial charge in [0.1, 0.15) is 39.5 Å². The molecule has 1 heterocycles. The fraction of sp³-hybridized carbons (Fsp3) is 0.508. The summed E-state index contributed by atoms with van der Waals surface area (Å²) in [5.74, 6) is -0.633. The Morgan fingerprint density at radius 1 is 0.390 bits per heavy atom. The third-order valence-electron chi connectivity index (χ3n) is 16.8. The van der Waals surface area contributed by atoms with E-state index in [1.165, 1.54) is 11.3 Å². The summed E-state index contributed by atoms with van der Waals surface area (Å²) < 4.78 is 35.8. The van der Waals surface area contributed by atoms with E-state index >= 15 is 0 Å². The number of fused-ring (bicyclic) bond motifs is 1. The van der Waals surface area contributed by atoms with Crippen LogP contribution in [-0.4, -0.2) is 40.8 Å². The average molecular weight is 1070 g/mol. The van der Waals surface area contributed by atoms with Crippen molar-refractivity contribution < 1.29 is 57.2 Å². The first kappa shape index (κ1) is 55.3. The predicted molar refractivity (Wildman–Crippen MR) is 292 cm³/mol. The van der Waals surface area contributed by atoms with E-state index in [0.29, 0.717) is 96.8 Å². The highest BCUT2D eigenvalue weighted by molar-refractivity contribution is 7.21. The largest absolute Gasteiger partial charge is 0.426 e. The van der Waals surface area contributed by atoms with E-state index < -0.39 is 29.7 Å². The summed E-state index contributed by atoms with van der Waals surface area (Å²) in [5.41, 5.74) is 1.74. The highest BCUT2D eigenvalue weighted by Crippen LogP contribution is 2.44. The quantitative estimate of drug-likeness (QED) is 0.0807. The van der Waals surface area contributed by atoms with Gasteiger partial charge in [-0.15, -0.1) is 11.3 Å². The summed E-state index contributed by atoms with van der Waals surface area (Å²) in [7, 11) is 0. The second kappa shape index (κ2) is 24.1. The molecule has 4 saturated carbocycles. The number of hydrogen-bond donors (Lipinski definition) is 0. The topological polar surface area (TPSA) is 171 Å². The zero-order chi connectivity index (χ0) is 54.4. The Hall–Kier alpha value is -6.41. The van der Waals surface area contributed by atoms with Gasteiger partial charge in [0.2, 0.25) is 0 Å². The molecule has 4 fully saturated rings. The van der Waals surface area contributed by atoms with Crippen molar-refractivity contribution in [2.45, 2.75) is 144 Å². The summed E-state index contributed by atoms with van der Waals surface area (Å²) >= 11 is 1.43. The Morgan fingerprint density at radius 3 is 1.03 bits per heavy atom. The minimum atomic E-state index is -0.449. The number of nitrogens with zero attached hydrogens (tertiary/aromatic N) is 1. The molecule has 77 heavy (non-hydrogen) atoms. The zero-order valence-corrected chi connectivity index (χ0v) is 46.2. The number of esters is 6. The molecule has 0 unspecified atom stereocenters. The van der Waals surface area contributed by atoms with Crippen molar-refractivity contribution in [1.29, 1.82) is 0 Å². The highest BCUT2D eigenvalue weighted by Gasteiger charge is 2.37. The van der Waals surface area contributed by atoms with Crippen molar-refractivity contribution in [2.75, 3.05) is 0 Å². The minimum Gasteiger partial charge on any atom is -0.426 e. The number of benzene rings is 4. The molecule has 13 nitrogen and oxygen atoms in total. The zero-order valence-electron chi connectivity index (χ0n) is 45.3. The normalized spacial score (nSPS) is 24.0. The summed E-state index contributed by atoms with van der Waals surface area (Å²) in [6.45, 7) is 13.5. The number of aromatic nitrogens is 1. The molecule has 0 saturated heterocycles. The smallest absolute Gasteiger partial charge is 0.314 e. The fourth-order valence-electron chi connectivity index (χ4n) is 11.7. The summed E-state index contributed by atoms with van der Waals surface area (Å²) in [4.78, 5) is 84.6. The molecule has 9 rings (SSSR count). The van der Waals surface area contributed by atoms with E-state index in [4.69, 9.17) is 33.4 Å². The van der Waals surface area contributed by atoms with Gasteiger partial charge in [-0.1, -0.05) is 53.7 Å². The molecule has 4 aliphatic rings. The minimum absolute atomic E-state index is 0.114. The first-order chi connectivity index (χ1) is 36.8. The molecule has 0 atom stereocenters. The third kappa shape index (κ3) is 14.2. The lowest BCUT2D eigenvalue weighted by Gasteiger charge is -2.36. The lowest BCUT2D eigenvalue weighted by molar-refractivity contribution is -0.145. The van der Waals surface area contributed by atoms with Crippen LogP contribution >= 0.6 is 11.3 Å². The van der Waals surface area contributed by atoms with Gasteiger partial charge in [-0.3, -0.25) is 28.8 Å². The molecule has 408 valence electrons. The van der Waals surface area contributed by atoms with Crippen LogP contribution in [0.1, 0.15) is 144 Å². The number of rotatable bonds is 13. The molecule has 4 aliphatic carbocycles. The lowest BCUT2D eigenvalue weighted by atomic mass is 9.70. The van der Waals surface area contributed by atoms with Crippen LogP contribution < -0.4 is 28.4 Å². The maximum absolute atomic E-state index is 13.8. The summed E-state index contributed by atoms with van der Waals surface area (Å²) in [6.07, 6.45) is 10.9. The van der Waals surface area contributed by atoms with Gasteiger partial charge in [-0.25, -0.2) is 4.98 Å². The standard InChI is InChI=1S/C63H73NO12S/c1-62(2,3)44-23-19-42(20-24-44)58(67)73-48-31-27-46(28-32-48)71-56(65)38-11-13-40(14-12-38)60(69)75-50-35-36-53(51(37-50)55-64-52-9-7-8-10-54(52)77-55)76-61(70)41-17-15-39(16-18-41)57(66)72-47-29-33-49(34-30-47)74-59(68)43-21-25-45(26-22-43)63(4,5)6/h7-10,27-45H,11-26H2,1-6H3/t38-,39?,40-,41?,42?,43?,44?,45?. The van der Waals surface area contributed by atoms with Crippen molar-refractivity contribution in [3.8, 4) is 45.1 Å². The number of carbonyl (C=O) groups excluding carboxylic acids is 6. The van der Waals surface area contributed by atoms with Gasteiger partial charge in [0.05, 0.1) is 51.3 Å². The van der Waals surface area contributed by atoms with Crippen LogP contribution in [-0.2, 0) is 28.8 Å². The molecule has 0 amide bonds. The molecule has 14 heteroatoms. The molecular weight excluding hydrogens is 995 g/mol. The van der Waals surface area contributed by atoms with Crippen LogP contribution in [0.4, 0.5) is 0 Å². The van der Waals surface area contributed by atoms with Gasteiger partial charge in [-0.2, -0.15) is 0 Å². The van der Waals surface area contributed by atoms with Crippen LogP contribution in [0, 0.1) is 58.2 Å². The number of carbonyl (C=O) groups is 6. The van der Waals surface area contributed by atoms with E-state index in [1.807, 2.05) is 24.3 Å². The Bertz CT molecular complexity index is 2870. The molecule has 1 aromatic heterocycles. The van der Waals surface area contributed by atoms with Gasteiger partial charge in [-0.05, 0) is 204 Å². The molecule has 4 aromatic carbocycles. The highest BCUT2D eigenvalue weighted by atomic mass is 32.1. The van der Waals surface area contributed by atoms with Gasteiger partial charge in [0.25, 0.3) is 0 Å². The molecule has 0 spiro atoms. The Kier molecular flexibility index (Phi) is 17.3. The molecule has 0 aliphatic heterocycles. The van der Waals surface area contributed by atoms with Gasteiger partial charge in [0, 0.05) is 0 Å². The maximum atomic E-state index is 13.8. The molecule has 0 bridgehead atoms. The maximum Gasteiger partial charge on any atom is 0.314 e. The average Bonchev–Trinajstić information content (AvgIpc) is 3.87. The first-order valence-electron chi connectivity index (χ1n) is 27.8. The van der Waals surface area contributed by atoms with E-state index in [0.717, 1.165) is 61.6 Å².